The van der Waals surface area contributed by atoms with Crippen LogP contribution in [-0.2, 0) is 11.9 Å². The lowest BCUT2D eigenvalue weighted by molar-refractivity contribution is 0.438. The predicted molar refractivity (Wildman–Crippen MR) is 166 cm³/mol. The molecule has 4 rings (SSSR count). The summed E-state index contributed by atoms with van der Waals surface area (Å²) in [5, 5.41) is 21.8. The van der Waals surface area contributed by atoms with Crippen LogP contribution in [0.4, 0.5) is 8.78 Å². The first-order chi connectivity index (χ1) is 20.1. The lowest BCUT2D eigenvalue weighted by Gasteiger charge is -2.11. The van der Waals surface area contributed by atoms with Crippen molar-refractivity contribution in [1.82, 2.24) is 0 Å². The number of ether oxygens (including phenoxy) is 2. The average Bonchev–Trinajstić information content (AvgIpc) is 2.97. The van der Waals surface area contributed by atoms with E-state index in [1.165, 1.54) is 24.3 Å². The molecule has 0 aliphatic heterocycles. The average molecular weight is 801 g/mol. The molecule has 0 bridgehead atoms. The Hall–Kier alpha value is -3.35. The molecule has 4 aromatic carbocycles. The van der Waals surface area contributed by atoms with Gasteiger partial charge in [-0.3, -0.25) is 0 Å². The third kappa shape index (κ3) is 8.83. The molecule has 42 heavy (non-hydrogen) atoms. The Morgan fingerprint density at radius 1 is 0.786 bits per heavy atom. The van der Waals surface area contributed by atoms with Gasteiger partial charge in [0.1, 0.15) is 11.5 Å². The van der Waals surface area contributed by atoms with Gasteiger partial charge >= 0.3 is 0 Å². The number of rotatable bonds is 7. The second-order valence-corrected chi connectivity index (χ2v) is 11.2. The van der Waals surface area contributed by atoms with Crippen LogP contribution < -0.4 is 9.47 Å². The zero-order valence-electron chi connectivity index (χ0n) is 20.9. The van der Waals surface area contributed by atoms with Crippen LogP contribution in [0.25, 0.3) is 10.4 Å². The molecule has 0 aliphatic rings. The molecule has 0 heterocycles. The Bertz CT molecular complexity index is 1770. The van der Waals surface area contributed by atoms with Crippen LogP contribution in [0, 0.1) is 34.3 Å². The molecule has 0 amide bonds. The Kier molecular flexibility index (Phi) is 12.4. The normalized spacial score (nSPS) is 9.93. The zero-order chi connectivity index (χ0) is 30.8. The van der Waals surface area contributed by atoms with E-state index in [-0.39, 0.29) is 39.4 Å². The first-order valence-electron chi connectivity index (χ1n) is 11.4. The predicted octanol–water partition coefficient (Wildman–Crippen LogP) is 11.5. The fourth-order valence-electron chi connectivity index (χ4n) is 3.27. The molecule has 14 heteroatoms. The molecule has 0 atom stereocenters. The molecular formula is C28H14Br3Cl2F2N5O2. The third-order valence-corrected chi connectivity index (χ3v) is 7.26. The van der Waals surface area contributed by atoms with Crippen molar-refractivity contribution in [3.8, 4) is 35.1 Å². The molecule has 4 aromatic rings. The topological polar surface area (TPSA) is 115 Å². The highest BCUT2D eigenvalue weighted by atomic mass is 79.9. The summed E-state index contributed by atoms with van der Waals surface area (Å²) in [6.45, 7) is -0.155. The maximum Gasteiger partial charge on any atom is 0.181 e. The largest absolute Gasteiger partial charge is 0.453 e. The van der Waals surface area contributed by atoms with Crippen LogP contribution in [0.5, 0.6) is 23.0 Å². The lowest BCUT2D eigenvalue weighted by atomic mass is 10.2. The van der Waals surface area contributed by atoms with Gasteiger partial charge in [-0.05, 0) is 59.6 Å². The molecule has 0 saturated heterocycles. The Morgan fingerprint density at radius 3 is 1.67 bits per heavy atom. The fourth-order valence-corrected chi connectivity index (χ4v) is 5.02. The summed E-state index contributed by atoms with van der Waals surface area (Å²) in [6.07, 6.45) is 0. The van der Waals surface area contributed by atoms with Gasteiger partial charge in [-0.25, -0.2) is 8.78 Å². The molecule has 0 N–H and O–H groups in total. The molecule has 212 valence electrons. The van der Waals surface area contributed by atoms with Crippen molar-refractivity contribution in [3.05, 3.63) is 124 Å². The summed E-state index contributed by atoms with van der Waals surface area (Å²) in [6, 6.07) is 19.4. The quantitative estimate of drug-likeness (QED) is 0.0801. The first-order valence-corrected chi connectivity index (χ1v) is 14.8. The van der Waals surface area contributed by atoms with Gasteiger partial charge in [-0.15, -0.1) is 0 Å². The standard InChI is InChI=1S/C14H7Br2ClFNO.C14H7BrClFN4O/c15-6-9-1-2-12(17)14(13(9)18)20-11-4-8(7-19)3-10(16)5-11;15-10-3-8(6-18)4-11(5-10)22-14-12(16)2-1-9(13(14)17)7-20-21-19/h1-5H,6H2;1-5H,7H2. The number of benzene rings is 4. The van der Waals surface area contributed by atoms with Crippen LogP contribution in [0.2, 0.25) is 10.0 Å². The minimum Gasteiger partial charge on any atom is -0.453 e. The highest BCUT2D eigenvalue weighted by Crippen LogP contribution is 2.37. The number of hydrogen-bond donors (Lipinski definition) is 0. The van der Waals surface area contributed by atoms with Crippen LogP contribution >= 0.6 is 71.0 Å². The van der Waals surface area contributed by atoms with E-state index < -0.39 is 11.6 Å². The smallest absolute Gasteiger partial charge is 0.181 e. The molecular weight excluding hydrogens is 787 g/mol. The van der Waals surface area contributed by atoms with E-state index >= 15 is 0 Å². The van der Waals surface area contributed by atoms with Gasteiger partial charge < -0.3 is 9.47 Å². The molecule has 0 aromatic heterocycles. The number of halogens is 7. The van der Waals surface area contributed by atoms with E-state index in [9.17, 15) is 8.78 Å². The van der Waals surface area contributed by atoms with Crippen molar-refractivity contribution < 1.29 is 18.3 Å². The molecule has 7 nitrogen and oxygen atoms in total. The van der Waals surface area contributed by atoms with E-state index in [4.69, 9.17) is 48.7 Å². The van der Waals surface area contributed by atoms with E-state index in [1.54, 1.807) is 36.4 Å². The van der Waals surface area contributed by atoms with Crippen molar-refractivity contribution in [2.24, 2.45) is 5.11 Å². The van der Waals surface area contributed by atoms with Gasteiger partial charge in [0.25, 0.3) is 0 Å². The number of alkyl halides is 1. The minimum absolute atomic E-state index is 0.0504. The highest BCUT2D eigenvalue weighted by molar-refractivity contribution is 9.10. The van der Waals surface area contributed by atoms with Gasteiger partial charge in [-0.1, -0.05) is 88.2 Å². The minimum atomic E-state index is -0.710. The number of azide groups is 1. The first kappa shape index (κ1) is 33.2. The fraction of sp³-hybridized carbons (Fsp3) is 0.0714. The molecule has 0 unspecified atom stereocenters. The summed E-state index contributed by atoms with van der Waals surface area (Å²) in [7, 11) is 0. The van der Waals surface area contributed by atoms with Crippen LogP contribution in [0.3, 0.4) is 0 Å². The molecule has 0 fully saturated rings. The van der Waals surface area contributed by atoms with Crippen LogP contribution in [0.1, 0.15) is 22.3 Å². The van der Waals surface area contributed by atoms with Gasteiger partial charge in [0.05, 0.1) is 39.9 Å². The van der Waals surface area contributed by atoms with Gasteiger partial charge in [0.15, 0.2) is 23.1 Å². The summed E-state index contributed by atoms with van der Waals surface area (Å²) >= 11 is 21.6. The van der Waals surface area contributed by atoms with E-state index in [0.29, 0.717) is 36.7 Å². The van der Waals surface area contributed by atoms with Crippen molar-refractivity contribution in [1.29, 1.82) is 10.5 Å². The van der Waals surface area contributed by atoms with Crippen molar-refractivity contribution in [2.75, 3.05) is 0 Å². The molecule has 0 radical (unpaired) electrons. The summed E-state index contributed by atoms with van der Waals surface area (Å²) < 4.78 is 40.8. The Morgan fingerprint density at radius 2 is 1.24 bits per heavy atom. The van der Waals surface area contributed by atoms with Crippen LogP contribution in [0.15, 0.2) is 74.7 Å². The summed E-state index contributed by atoms with van der Waals surface area (Å²) in [4.78, 5) is 2.58. The van der Waals surface area contributed by atoms with Gasteiger partial charge in [0, 0.05) is 24.8 Å². The number of nitriles is 2. The summed E-state index contributed by atoms with van der Waals surface area (Å²) in [5.74, 6) is -0.873. The third-order valence-electron chi connectivity index (χ3n) is 5.15. The zero-order valence-corrected chi connectivity index (χ0v) is 27.2. The number of nitrogens with zero attached hydrogens (tertiary/aromatic N) is 5. The second kappa shape index (κ2) is 15.8. The van der Waals surface area contributed by atoms with E-state index in [2.05, 4.69) is 57.8 Å². The van der Waals surface area contributed by atoms with Gasteiger partial charge in [0.2, 0.25) is 0 Å². The van der Waals surface area contributed by atoms with Gasteiger partial charge in [-0.2, -0.15) is 10.5 Å². The van der Waals surface area contributed by atoms with Crippen molar-refractivity contribution >= 4 is 71.0 Å². The number of hydrogen-bond acceptors (Lipinski definition) is 5. The Labute approximate surface area is 274 Å². The molecule has 0 spiro atoms. The van der Waals surface area contributed by atoms with Crippen LogP contribution in [-0.4, -0.2) is 0 Å². The van der Waals surface area contributed by atoms with Crippen molar-refractivity contribution in [3.63, 3.8) is 0 Å². The Balaban J connectivity index is 0.000000231. The highest BCUT2D eigenvalue weighted by Gasteiger charge is 2.16. The monoisotopic (exact) mass is 797 g/mol. The SMILES string of the molecule is N#Cc1cc(Br)cc(Oc2c(Cl)ccc(CBr)c2F)c1.N#Cc1cc(Br)cc(Oc2c(Cl)ccc(CN=[N+]=[N-])c2F)c1. The second-order valence-electron chi connectivity index (χ2n) is 8.00. The lowest BCUT2D eigenvalue weighted by Crippen LogP contribution is -1.95. The molecule has 0 aliphatic carbocycles. The maximum atomic E-state index is 14.4. The van der Waals surface area contributed by atoms with E-state index in [1.807, 2.05) is 12.1 Å². The molecule has 0 saturated carbocycles. The maximum absolute atomic E-state index is 14.4. The summed E-state index contributed by atoms with van der Waals surface area (Å²) in [5.41, 5.74) is 9.67. The van der Waals surface area contributed by atoms with Crippen molar-refractivity contribution in [2.45, 2.75) is 11.9 Å². The van der Waals surface area contributed by atoms with E-state index in [0.717, 1.165) is 0 Å².